The van der Waals surface area contributed by atoms with Crippen LogP contribution in [0.25, 0.3) is 0 Å². The largest absolute Gasteiger partial charge is 0.459 e. The second kappa shape index (κ2) is 12.6. The number of esters is 4. The van der Waals surface area contributed by atoms with Crippen LogP contribution < -0.4 is 0 Å². The molecule has 0 aromatic rings. The van der Waals surface area contributed by atoms with Gasteiger partial charge < -0.3 is 14.2 Å². The van der Waals surface area contributed by atoms with E-state index in [9.17, 15) is 24.0 Å². The average Bonchev–Trinajstić information content (AvgIpc) is 3.94. The van der Waals surface area contributed by atoms with Crippen LogP contribution >= 0.6 is 0 Å². The topological polar surface area (TPSA) is 113 Å². The Hall–Kier alpha value is -2.25. The smallest absolute Gasteiger partial charge is 0.317 e. The van der Waals surface area contributed by atoms with Gasteiger partial charge in [-0.2, -0.15) is 0 Å². The molecule has 10 fully saturated rings. The summed E-state index contributed by atoms with van der Waals surface area (Å²) in [5.41, 5.74) is -0.927. The maximum Gasteiger partial charge on any atom is 0.317 e. The van der Waals surface area contributed by atoms with Gasteiger partial charge in [0.2, 0.25) is 0 Å². The van der Waals surface area contributed by atoms with Gasteiger partial charge in [-0.3, -0.25) is 24.0 Å². The lowest BCUT2D eigenvalue weighted by atomic mass is 9.57. The number of rotatable bonds is 11. The van der Waals surface area contributed by atoms with Crippen LogP contribution in [0.5, 0.6) is 0 Å². The molecule has 1 aliphatic heterocycles. The first-order valence-corrected chi connectivity index (χ1v) is 22.5. The van der Waals surface area contributed by atoms with Crippen molar-refractivity contribution in [3.8, 4) is 0 Å². The van der Waals surface area contributed by atoms with Crippen LogP contribution in [0.4, 0.5) is 0 Å². The zero-order chi connectivity index (χ0) is 37.6. The van der Waals surface area contributed by atoms with Gasteiger partial charge in [0.25, 0.3) is 0 Å². The van der Waals surface area contributed by atoms with Crippen LogP contribution in [0.3, 0.4) is 0 Å². The summed E-state index contributed by atoms with van der Waals surface area (Å²) in [6, 6.07) is 0. The predicted octanol–water partition coefficient (Wildman–Crippen LogP) is 7.98. The Morgan fingerprint density at radius 2 is 1.56 bits per heavy atom. The zero-order valence-corrected chi connectivity index (χ0v) is 33.3. The summed E-state index contributed by atoms with van der Waals surface area (Å²) in [5, 5.41) is 0. The molecule has 0 aromatic heterocycles. The molecule has 1 saturated heterocycles. The van der Waals surface area contributed by atoms with Crippen molar-refractivity contribution in [2.75, 3.05) is 0 Å². The molecule has 296 valence electrons. The Kier molecular flexibility index (Phi) is 8.44. The average molecular weight is 745 g/mol. The number of hydrogen-bond donors (Lipinski definition) is 0. The van der Waals surface area contributed by atoms with Gasteiger partial charge in [0.05, 0.1) is 23.7 Å². The molecular formula is C46H64O8. The molecule has 10 aliphatic rings. The van der Waals surface area contributed by atoms with E-state index >= 15 is 0 Å². The molecule has 1 heterocycles. The number of carbonyl (C=O) groups is 5. The summed E-state index contributed by atoms with van der Waals surface area (Å²) >= 11 is 0. The maximum absolute atomic E-state index is 14.5. The van der Waals surface area contributed by atoms with E-state index in [1.54, 1.807) is 6.92 Å². The first kappa shape index (κ1) is 36.1. The lowest BCUT2D eigenvalue weighted by Crippen LogP contribution is -2.45. The molecule has 8 nitrogen and oxygen atoms in total. The molecule has 0 N–H and O–H groups in total. The zero-order valence-electron chi connectivity index (χ0n) is 33.3. The lowest BCUT2D eigenvalue weighted by Gasteiger charge is -2.45. The molecule has 10 rings (SSSR count). The SMILES string of the molecule is CC(=O)C1CC2CC1C1C3CC(C(C)C3C3C(=O)OC(=O)C3CCC(CC(C)C(=O)OC3(C)CC4CCC3C4)C(=O)OC3(C)CC4CC3C3CCCC43)C21. The molecule has 54 heavy (non-hydrogen) atoms. The Labute approximate surface area is 321 Å². The number of carbonyl (C=O) groups excluding carboxylic acids is 5. The number of ether oxygens (including phenoxy) is 3. The molecule has 8 heteroatoms. The Morgan fingerprint density at radius 1 is 0.778 bits per heavy atom. The minimum atomic E-state index is -0.604. The summed E-state index contributed by atoms with van der Waals surface area (Å²) < 4.78 is 18.4. The van der Waals surface area contributed by atoms with Gasteiger partial charge in [-0.25, -0.2) is 0 Å². The third kappa shape index (κ3) is 5.27. The lowest BCUT2D eigenvalue weighted by molar-refractivity contribution is -0.175. The third-order valence-corrected chi connectivity index (χ3v) is 19.3. The van der Waals surface area contributed by atoms with E-state index in [1.165, 1.54) is 25.7 Å². The number of hydrogen-bond acceptors (Lipinski definition) is 8. The molecule has 0 aromatic carbocycles. The van der Waals surface area contributed by atoms with Crippen LogP contribution in [0, 0.1) is 112 Å². The van der Waals surface area contributed by atoms with Gasteiger partial charge >= 0.3 is 23.9 Å². The fourth-order valence-electron chi connectivity index (χ4n) is 17.4. The van der Waals surface area contributed by atoms with Crippen LogP contribution in [-0.2, 0) is 38.2 Å². The number of ketones is 1. The summed E-state index contributed by atoms with van der Waals surface area (Å²) in [7, 11) is 0. The maximum atomic E-state index is 14.5. The molecule has 0 amide bonds. The van der Waals surface area contributed by atoms with E-state index in [0.29, 0.717) is 96.1 Å². The van der Waals surface area contributed by atoms with E-state index in [1.807, 2.05) is 6.92 Å². The molecular weight excluding hydrogens is 680 g/mol. The fraction of sp³-hybridized carbons (Fsp3) is 0.891. The monoisotopic (exact) mass is 744 g/mol. The van der Waals surface area contributed by atoms with Gasteiger partial charge in [-0.05, 0) is 188 Å². The van der Waals surface area contributed by atoms with Gasteiger partial charge in [-0.15, -0.1) is 0 Å². The predicted molar refractivity (Wildman–Crippen MR) is 198 cm³/mol. The van der Waals surface area contributed by atoms with Crippen molar-refractivity contribution < 1.29 is 38.2 Å². The van der Waals surface area contributed by atoms with Crippen LogP contribution in [-0.4, -0.2) is 40.9 Å². The number of fused-ring (bicyclic) bond motifs is 16. The van der Waals surface area contributed by atoms with Gasteiger partial charge in [-0.1, -0.05) is 20.3 Å². The highest BCUT2D eigenvalue weighted by Gasteiger charge is 2.70. The van der Waals surface area contributed by atoms with Crippen LogP contribution in [0.1, 0.15) is 131 Å². The normalized spacial score (nSPS) is 52.5. The van der Waals surface area contributed by atoms with Gasteiger partial charge in [0, 0.05) is 11.8 Å². The quantitative estimate of drug-likeness (QED) is 0.0906. The minimum Gasteiger partial charge on any atom is -0.459 e. The summed E-state index contributed by atoms with van der Waals surface area (Å²) in [4.78, 5) is 68.2. The molecule has 0 radical (unpaired) electrons. The highest BCUT2D eigenvalue weighted by molar-refractivity contribution is 5.96. The number of cyclic esters (lactones) is 2. The Morgan fingerprint density at radius 3 is 2.30 bits per heavy atom. The van der Waals surface area contributed by atoms with Crippen LogP contribution in [0.15, 0.2) is 0 Å². The molecule has 9 saturated carbocycles. The summed E-state index contributed by atoms with van der Waals surface area (Å²) in [6.45, 7) is 10.2. The Bertz CT molecular complexity index is 1620. The van der Waals surface area contributed by atoms with Crippen molar-refractivity contribution in [1.29, 1.82) is 0 Å². The van der Waals surface area contributed by atoms with Crippen molar-refractivity contribution in [3.05, 3.63) is 0 Å². The molecule has 9 aliphatic carbocycles. The highest BCUT2D eigenvalue weighted by atomic mass is 16.6. The van der Waals surface area contributed by atoms with Crippen molar-refractivity contribution >= 4 is 29.7 Å². The van der Waals surface area contributed by atoms with Crippen LogP contribution in [0.2, 0.25) is 0 Å². The molecule has 21 atom stereocenters. The standard InChI is InChI=1S/C46H64O8/c1-21(41(48)53-45(4)19-24-9-11-28(45)14-24)13-25(42(49)54-46(5)20-27-17-36(46)30-8-6-7-29(27)30)10-12-31-40(44(51)52-43(31)50)37-22(2)32-18-35(37)39-34-16-26(38(32)39)15-33(34)23(3)47/h21-22,24-40H,6-20H2,1-5H3. The minimum absolute atomic E-state index is 0.0567. The van der Waals surface area contributed by atoms with E-state index in [0.717, 1.165) is 57.3 Å². The molecule has 8 bridgehead atoms. The summed E-state index contributed by atoms with van der Waals surface area (Å²) in [6.07, 6.45) is 14.5. The second-order valence-electron chi connectivity index (χ2n) is 21.7. The van der Waals surface area contributed by atoms with E-state index in [4.69, 9.17) is 14.2 Å². The molecule has 21 unspecified atom stereocenters. The Balaban J connectivity index is 0.871. The fourth-order valence-corrected chi connectivity index (χ4v) is 17.4. The van der Waals surface area contributed by atoms with Crippen molar-refractivity contribution in [1.82, 2.24) is 0 Å². The van der Waals surface area contributed by atoms with Crippen molar-refractivity contribution in [2.45, 2.75) is 142 Å². The van der Waals surface area contributed by atoms with E-state index in [2.05, 4.69) is 20.8 Å². The first-order valence-electron chi connectivity index (χ1n) is 22.5. The number of Topliss-reactive ketones (excluding diaryl/α,β-unsaturated/α-hetero) is 1. The molecule has 0 spiro atoms. The first-order chi connectivity index (χ1) is 25.7. The second-order valence-corrected chi connectivity index (χ2v) is 21.7. The third-order valence-electron chi connectivity index (χ3n) is 19.3. The van der Waals surface area contributed by atoms with Crippen molar-refractivity contribution in [2.24, 2.45) is 112 Å². The summed E-state index contributed by atoms with van der Waals surface area (Å²) in [5.74, 6) is 3.75. The van der Waals surface area contributed by atoms with E-state index < -0.39 is 46.8 Å². The van der Waals surface area contributed by atoms with Crippen molar-refractivity contribution in [3.63, 3.8) is 0 Å². The van der Waals surface area contributed by atoms with E-state index in [-0.39, 0.29) is 23.8 Å². The van der Waals surface area contributed by atoms with Gasteiger partial charge in [0.15, 0.2) is 0 Å². The highest BCUT2D eigenvalue weighted by Crippen LogP contribution is 2.73. The van der Waals surface area contributed by atoms with Gasteiger partial charge in [0.1, 0.15) is 17.0 Å².